The molecule has 6 nitrogen and oxygen atoms in total. The van der Waals surface area contributed by atoms with Crippen LogP contribution in [0.5, 0.6) is 0 Å². The summed E-state index contributed by atoms with van der Waals surface area (Å²) >= 11 is 0. The molecule has 1 atom stereocenters. The minimum Gasteiger partial charge on any atom is -0.368 e. The van der Waals surface area contributed by atoms with Crippen molar-refractivity contribution in [1.82, 2.24) is 25.2 Å². The number of nitrogens with zero attached hydrogens (tertiary/aromatic N) is 4. The van der Waals surface area contributed by atoms with Crippen molar-refractivity contribution in [1.29, 1.82) is 0 Å². The quantitative estimate of drug-likeness (QED) is 0.689. The normalized spacial score (nSPS) is 17.2. The number of hydrogen-bond acceptors (Lipinski definition) is 6. The van der Waals surface area contributed by atoms with E-state index in [0.717, 1.165) is 54.3 Å². The van der Waals surface area contributed by atoms with Crippen molar-refractivity contribution in [3.05, 3.63) is 48.3 Å². The van der Waals surface area contributed by atoms with Gasteiger partial charge in [0.15, 0.2) is 5.82 Å². The number of piperidine rings is 1. The summed E-state index contributed by atoms with van der Waals surface area (Å²) in [6.45, 7) is 4.02. The highest BCUT2D eigenvalue weighted by atomic mass is 15.0. The molecule has 1 saturated heterocycles. The van der Waals surface area contributed by atoms with E-state index in [2.05, 4.69) is 63.9 Å². The Labute approximate surface area is 166 Å². The smallest absolute Gasteiger partial charge is 0.154 e. The molecule has 1 fully saturated rings. The van der Waals surface area contributed by atoms with Gasteiger partial charge in [-0.25, -0.2) is 9.97 Å². The van der Waals surface area contributed by atoms with Gasteiger partial charge in [0, 0.05) is 31.0 Å². The predicted molar refractivity (Wildman–Crippen MR) is 114 cm³/mol. The van der Waals surface area contributed by atoms with E-state index in [-0.39, 0.29) is 0 Å². The Kier molecular flexibility index (Phi) is 5.78. The second-order valence-corrected chi connectivity index (χ2v) is 7.81. The maximum atomic E-state index is 4.90. The largest absolute Gasteiger partial charge is 0.368 e. The van der Waals surface area contributed by atoms with Crippen LogP contribution in [0.15, 0.2) is 42.7 Å². The highest BCUT2D eigenvalue weighted by molar-refractivity contribution is 5.88. The zero-order valence-electron chi connectivity index (χ0n) is 16.7. The van der Waals surface area contributed by atoms with Crippen molar-refractivity contribution in [3.63, 3.8) is 0 Å². The van der Waals surface area contributed by atoms with E-state index in [1.54, 1.807) is 12.4 Å². The summed E-state index contributed by atoms with van der Waals surface area (Å²) in [5, 5.41) is 7.02. The topological polar surface area (TPSA) is 66.0 Å². The minimum absolute atomic E-state index is 0.622. The molecule has 0 aliphatic carbocycles. The molecular weight excluding hydrogens is 348 g/mol. The molecule has 0 radical (unpaired) electrons. The lowest BCUT2D eigenvalue weighted by molar-refractivity contribution is 0.392. The molecule has 1 unspecified atom stereocenters. The van der Waals surface area contributed by atoms with Gasteiger partial charge in [-0.1, -0.05) is 24.3 Å². The van der Waals surface area contributed by atoms with Gasteiger partial charge < -0.3 is 15.5 Å². The molecule has 0 amide bonds. The first-order chi connectivity index (χ1) is 13.7. The Bertz CT molecular complexity index is 916. The summed E-state index contributed by atoms with van der Waals surface area (Å²) in [6, 6.07) is 10.6. The highest BCUT2D eigenvalue weighted by Gasteiger charge is 2.15. The molecule has 3 aromatic rings. The van der Waals surface area contributed by atoms with E-state index >= 15 is 0 Å². The van der Waals surface area contributed by atoms with Gasteiger partial charge in [-0.3, -0.25) is 4.98 Å². The van der Waals surface area contributed by atoms with Gasteiger partial charge in [-0.15, -0.1) is 0 Å². The van der Waals surface area contributed by atoms with E-state index in [1.807, 2.05) is 6.07 Å². The number of rotatable bonds is 6. The van der Waals surface area contributed by atoms with E-state index in [9.17, 15) is 0 Å². The zero-order valence-corrected chi connectivity index (χ0v) is 16.7. The van der Waals surface area contributed by atoms with Crippen LogP contribution in [0.4, 0.5) is 5.82 Å². The van der Waals surface area contributed by atoms with Crippen molar-refractivity contribution in [2.24, 2.45) is 5.92 Å². The standard InChI is InChI=1S/C22H28N6/c1-28(2)15-16-5-7-18(8-6-16)19-12-20-21(25-11-10-24-20)22(27-19)26-14-17-4-3-9-23-13-17/h5-8,10-12,17,23H,3-4,9,13-15H2,1-2H3,(H,26,27). The van der Waals surface area contributed by atoms with Gasteiger partial charge in [0.1, 0.15) is 5.52 Å². The lowest BCUT2D eigenvalue weighted by Gasteiger charge is -2.23. The van der Waals surface area contributed by atoms with Crippen molar-refractivity contribution >= 4 is 16.9 Å². The van der Waals surface area contributed by atoms with E-state index < -0.39 is 0 Å². The fraction of sp³-hybridized carbons (Fsp3) is 0.409. The number of fused-ring (bicyclic) bond motifs is 1. The number of pyridine rings is 1. The van der Waals surface area contributed by atoms with Crippen LogP contribution in [0.1, 0.15) is 18.4 Å². The first kappa shape index (κ1) is 18.8. The van der Waals surface area contributed by atoms with Crippen LogP contribution in [-0.4, -0.2) is 53.6 Å². The summed E-state index contributed by atoms with van der Waals surface area (Å²) in [4.78, 5) is 16.1. The van der Waals surface area contributed by atoms with Crippen molar-refractivity contribution in [2.45, 2.75) is 19.4 Å². The number of benzene rings is 1. The molecule has 2 aromatic heterocycles. The second-order valence-electron chi connectivity index (χ2n) is 7.81. The van der Waals surface area contributed by atoms with Crippen LogP contribution in [0, 0.1) is 5.92 Å². The molecule has 28 heavy (non-hydrogen) atoms. The summed E-state index contributed by atoms with van der Waals surface area (Å²) in [5.74, 6) is 1.44. The number of hydrogen-bond donors (Lipinski definition) is 2. The van der Waals surface area contributed by atoms with Crippen LogP contribution in [0.25, 0.3) is 22.3 Å². The second kappa shape index (κ2) is 8.63. The van der Waals surface area contributed by atoms with Crippen molar-refractivity contribution in [3.8, 4) is 11.3 Å². The van der Waals surface area contributed by atoms with Crippen LogP contribution in [-0.2, 0) is 6.54 Å². The third kappa shape index (κ3) is 4.46. The number of nitrogens with one attached hydrogen (secondary N) is 2. The summed E-state index contributed by atoms with van der Waals surface area (Å²) in [7, 11) is 4.16. The lowest BCUT2D eigenvalue weighted by atomic mass is 10.00. The highest BCUT2D eigenvalue weighted by Crippen LogP contribution is 2.26. The van der Waals surface area contributed by atoms with E-state index in [0.29, 0.717) is 5.92 Å². The molecule has 146 valence electrons. The Balaban J connectivity index is 1.61. The van der Waals surface area contributed by atoms with Crippen LogP contribution >= 0.6 is 0 Å². The van der Waals surface area contributed by atoms with Crippen LogP contribution < -0.4 is 10.6 Å². The van der Waals surface area contributed by atoms with Gasteiger partial charge in [-0.2, -0.15) is 0 Å². The van der Waals surface area contributed by atoms with Crippen molar-refractivity contribution in [2.75, 3.05) is 39.0 Å². The molecule has 1 aromatic carbocycles. The molecule has 0 saturated carbocycles. The molecule has 6 heteroatoms. The average molecular weight is 377 g/mol. The molecule has 1 aliphatic heterocycles. The monoisotopic (exact) mass is 376 g/mol. The fourth-order valence-corrected chi connectivity index (χ4v) is 3.73. The van der Waals surface area contributed by atoms with Gasteiger partial charge in [0.25, 0.3) is 0 Å². The molecule has 2 N–H and O–H groups in total. The van der Waals surface area contributed by atoms with Crippen molar-refractivity contribution < 1.29 is 0 Å². The Morgan fingerprint density at radius 1 is 1.14 bits per heavy atom. The van der Waals surface area contributed by atoms with E-state index in [4.69, 9.17) is 4.98 Å². The predicted octanol–water partition coefficient (Wildman–Crippen LogP) is 3.16. The number of anilines is 1. The lowest BCUT2D eigenvalue weighted by Crippen LogP contribution is -2.33. The van der Waals surface area contributed by atoms with Crippen LogP contribution in [0.3, 0.4) is 0 Å². The first-order valence-corrected chi connectivity index (χ1v) is 9.99. The Morgan fingerprint density at radius 3 is 2.71 bits per heavy atom. The Morgan fingerprint density at radius 2 is 1.96 bits per heavy atom. The van der Waals surface area contributed by atoms with Gasteiger partial charge in [0.05, 0.1) is 11.2 Å². The molecule has 4 rings (SSSR count). The maximum Gasteiger partial charge on any atom is 0.154 e. The SMILES string of the molecule is CN(C)Cc1ccc(-c2cc3nccnc3c(NCC3CCCNC3)n2)cc1. The molecule has 0 bridgehead atoms. The van der Waals surface area contributed by atoms with Gasteiger partial charge in [0.2, 0.25) is 0 Å². The molecule has 3 heterocycles. The number of aromatic nitrogens is 3. The third-order valence-corrected chi connectivity index (χ3v) is 5.16. The Hall–Kier alpha value is -2.57. The average Bonchev–Trinajstić information content (AvgIpc) is 2.73. The fourth-order valence-electron chi connectivity index (χ4n) is 3.73. The molecule has 0 spiro atoms. The minimum atomic E-state index is 0.622. The first-order valence-electron chi connectivity index (χ1n) is 9.99. The molecular formula is C22H28N6. The maximum absolute atomic E-state index is 4.90. The summed E-state index contributed by atoms with van der Waals surface area (Å²) in [5.41, 5.74) is 5.01. The zero-order chi connectivity index (χ0) is 19.3. The van der Waals surface area contributed by atoms with Gasteiger partial charge in [-0.05, 0) is 57.6 Å². The van der Waals surface area contributed by atoms with E-state index in [1.165, 1.54) is 18.4 Å². The summed E-state index contributed by atoms with van der Waals surface area (Å²) < 4.78 is 0. The van der Waals surface area contributed by atoms with Gasteiger partial charge >= 0.3 is 0 Å². The van der Waals surface area contributed by atoms with Crippen LogP contribution in [0.2, 0.25) is 0 Å². The molecule has 1 aliphatic rings. The summed E-state index contributed by atoms with van der Waals surface area (Å²) in [6.07, 6.45) is 5.95. The third-order valence-electron chi connectivity index (χ3n) is 5.16.